The topological polar surface area (TPSA) is 46.5 Å². The van der Waals surface area contributed by atoms with Crippen LogP contribution in [0.5, 0.6) is 0 Å². The fraction of sp³-hybridized carbons (Fsp3) is 0.643. The predicted molar refractivity (Wildman–Crippen MR) is 86.9 cm³/mol. The van der Waals surface area contributed by atoms with E-state index in [0.29, 0.717) is 4.77 Å². The Morgan fingerprint density at radius 1 is 1.30 bits per heavy atom. The molecule has 0 radical (unpaired) electrons. The largest absolute Gasteiger partial charge is 0.300 e. The maximum atomic E-state index is 5.30. The Kier molecular flexibility index (Phi) is 4.44. The summed E-state index contributed by atoms with van der Waals surface area (Å²) in [4.78, 5) is 6.00. The number of aromatic nitrogens is 4. The van der Waals surface area contributed by atoms with Crippen LogP contribution in [0.25, 0.3) is 10.7 Å². The molecule has 2 aromatic rings. The lowest BCUT2D eigenvalue weighted by atomic mass is 9.91. The van der Waals surface area contributed by atoms with Crippen LogP contribution >= 0.6 is 23.6 Å². The molecule has 0 saturated heterocycles. The quantitative estimate of drug-likeness (QED) is 0.855. The van der Waals surface area contributed by atoms with Crippen LogP contribution in [0.4, 0.5) is 0 Å². The lowest BCUT2D eigenvalue weighted by molar-refractivity contribution is 0.571. The summed E-state index contributed by atoms with van der Waals surface area (Å²) in [6, 6.07) is 0. The molecule has 0 atom stereocenters. The highest BCUT2D eigenvalue weighted by Gasteiger charge is 2.26. The number of rotatable bonds is 4. The van der Waals surface area contributed by atoms with Crippen LogP contribution in [0.3, 0.4) is 0 Å². The predicted octanol–water partition coefficient (Wildman–Crippen LogP) is 4.33. The highest BCUT2D eigenvalue weighted by Crippen LogP contribution is 2.36. The number of nitrogens with one attached hydrogen (secondary N) is 1. The van der Waals surface area contributed by atoms with Crippen LogP contribution in [0.2, 0.25) is 0 Å². The van der Waals surface area contributed by atoms with Crippen LogP contribution in [0.15, 0.2) is 0 Å². The molecule has 0 aliphatic rings. The zero-order valence-electron chi connectivity index (χ0n) is 12.8. The average molecular weight is 310 g/mol. The van der Waals surface area contributed by atoms with Gasteiger partial charge in [0.15, 0.2) is 10.6 Å². The highest BCUT2D eigenvalue weighted by molar-refractivity contribution is 7.71. The van der Waals surface area contributed by atoms with Gasteiger partial charge in [-0.3, -0.25) is 9.67 Å². The average Bonchev–Trinajstić information content (AvgIpc) is 2.92. The number of aryl methyl sites for hydroxylation is 1. The maximum absolute atomic E-state index is 5.30. The Labute approximate surface area is 129 Å². The van der Waals surface area contributed by atoms with Gasteiger partial charge in [-0.1, -0.05) is 27.7 Å². The van der Waals surface area contributed by atoms with Crippen LogP contribution < -0.4 is 0 Å². The van der Waals surface area contributed by atoms with E-state index in [9.17, 15) is 0 Å². The molecule has 4 nitrogen and oxygen atoms in total. The molecule has 0 aliphatic heterocycles. The number of nitrogens with zero attached hydrogens (tertiary/aromatic N) is 3. The van der Waals surface area contributed by atoms with Crippen molar-refractivity contribution in [3.63, 3.8) is 0 Å². The molecule has 0 unspecified atom stereocenters. The summed E-state index contributed by atoms with van der Waals surface area (Å²) in [5.41, 5.74) is 1.12. The van der Waals surface area contributed by atoms with Crippen LogP contribution in [0, 0.1) is 4.77 Å². The molecule has 110 valence electrons. The fourth-order valence-electron chi connectivity index (χ4n) is 2.13. The first kappa shape index (κ1) is 15.4. The van der Waals surface area contributed by atoms with Gasteiger partial charge >= 0.3 is 0 Å². The first-order valence-corrected chi connectivity index (χ1v) is 8.26. The summed E-state index contributed by atoms with van der Waals surface area (Å²) in [6.45, 7) is 11.7. The third-order valence-corrected chi connectivity index (χ3v) is 4.55. The maximum Gasteiger partial charge on any atom is 0.195 e. The number of thiazole rings is 1. The molecule has 0 aliphatic carbocycles. The first-order valence-electron chi connectivity index (χ1n) is 7.04. The van der Waals surface area contributed by atoms with Crippen molar-refractivity contribution < 1.29 is 0 Å². The van der Waals surface area contributed by atoms with Crippen molar-refractivity contribution in [3.8, 4) is 10.7 Å². The Hall–Kier alpha value is -1.01. The van der Waals surface area contributed by atoms with Gasteiger partial charge in [-0.05, 0) is 32.0 Å². The summed E-state index contributed by atoms with van der Waals surface area (Å²) in [5.74, 6) is 0.919. The first-order chi connectivity index (χ1) is 9.38. The number of aromatic amines is 1. The fourth-order valence-corrected chi connectivity index (χ4v) is 3.77. The third-order valence-electron chi connectivity index (χ3n) is 3.12. The minimum absolute atomic E-state index is 0.00393. The van der Waals surface area contributed by atoms with Gasteiger partial charge in [0.2, 0.25) is 0 Å². The van der Waals surface area contributed by atoms with Gasteiger partial charge in [0, 0.05) is 12.0 Å². The van der Waals surface area contributed by atoms with Crippen molar-refractivity contribution in [2.75, 3.05) is 0 Å². The van der Waals surface area contributed by atoms with Crippen molar-refractivity contribution in [2.45, 2.75) is 59.4 Å². The SMILES string of the molecule is CCCc1nc(C(C)(C)C)c(-c2n[nH]c(=S)n2CC)s1. The molecule has 0 saturated carbocycles. The van der Waals surface area contributed by atoms with Crippen molar-refractivity contribution in [3.05, 3.63) is 15.5 Å². The molecule has 2 rings (SSSR count). The van der Waals surface area contributed by atoms with E-state index < -0.39 is 0 Å². The Balaban J connectivity index is 2.62. The molecule has 0 fully saturated rings. The molecule has 20 heavy (non-hydrogen) atoms. The van der Waals surface area contributed by atoms with Crippen LogP contribution in [0.1, 0.15) is 51.7 Å². The van der Waals surface area contributed by atoms with Crippen LogP contribution in [-0.4, -0.2) is 19.7 Å². The van der Waals surface area contributed by atoms with E-state index >= 15 is 0 Å². The van der Waals surface area contributed by atoms with E-state index in [4.69, 9.17) is 17.2 Å². The minimum atomic E-state index is 0.00393. The normalized spacial score (nSPS) is 12.1. The van der Waals surface area contributed by atoms with Crippen molar-refractivity contribution in [1.82, 2.24) is 19.7 Å². The molecule has 0 spiro atoms. The Morgan fingerprint density at radius 3 is 2.55 bits per heavy atom. The zero-order chi connectivity index (χ0) is 14.9. The smallest absolute Gasteiger partial charge is 0.195 e. The van der Waals surface area contributed by atoms with E-state index in [1.54, 1.807) is 11.3 Å². The second kappa shape index (κ2) is 5.77. The van der Waals surface area contributed by atoms with E-state index in [-0.39, 0.29) is 5.41 Å². The molecule has 0 amide bonds. The van der Waals surface area contributed by atoms with Crippen molar-refractivity contribution in [1.29, 1.82) is 0 Å². The van der Waals surface area contributed by atoms with Gasteiger partial charge in [-0.2, -0.15) is 5.10 Å². The summed E-state index contributed by atoms with van der Waals surface area (Å²) in [7, 11) is 0. The molecule has 2 heterocycles. The molecule has 0 bridgehead atoms. The number of hydrogen-bond donors (Lipinski definition) is 1. The molecule has 6 heteroatoms. The van der Waals surface area contributed by atoms with Gasteiger partial charge < -0.3 is 0 Å². The zero-order valence-corrected chi connectivity index (χ0v) is 14.4. The van der Waals surface area contributed by atoms with E-state index in [2.05, 4.69) is 44.8 Å². The lowest BCUT2D eigenvalue weighted by Crippen LogP contribution is -2.14. The molecule has 0 aromatic carbocycles. The standard InChI is InChI=1S/C14H22N4S2/c1-6-8-9-15-11(14(3,4)5)10(20-9)12-16-17-13(19)18(12)7-2/h6-8H2,1-5H3,(H,17,19). The lowest BCUT2D eigenvalue weighted by Gasteiger charge is -2.17. The molecule has 2 aromatic heterocycles. The number of hydrogen-bond acceptors (Lipinski definition) is 4. The molecule has 1 N–H and O–H groups in total. The third kappa shape index (κ3) is 2.86. The summed E-state index contributed by atoms with van der Waals surface area (Å²) < 4.78 is 2.71. The van der Waals surface area contributed by atoms with E-state index in [1.165, 1.54) is 5.01 Å². The molecular weight excluding hydrogens is 288 g/mol. The highest BCUT2D eigenvalue weighted by atomic mass is 32.1. The van der Waals surface area contributed by atoms with Crippen LogP contribution in [-0.2, 0) is 18.4 Å². The monoisotopic (exact) mass is 310 g/mol. The molecular formula is C14H22N4S2. The van der Waals surface area contributed by atoms with Crippen molar-refractivity contribution >= 4 is 23.6 Å². The Morgan fingerprint density at radius 2 is 2.00 bits per heavy atom. The second-order valence-corrected chi connectivity index (χ2v) is 7.35. The second-order valence-electron chi connectivity index (χ2n) is 5.88. The van der Waals surface area contributed by atoms with Crippen molar-refractivity contribution in [2.24, 2.45) is 0 Å². The summed E-state index contributed by atoms with van der Waals surface area (Å²) in [6.07, 6.45) is 2.13. The van der Waals surface area contributed by atoms with Gasteiger partial charge in [-0.15, -0.1) is 11.3 Å². The van der Waals surface area contributed by atoms with Gasteiger partial charge in [0.25, 0.3) is 0 Å². The van der Waals surface area contributed by atoms with Gasteiger partial charge in [0.1, 0.15) is 0 Å². The summed E-state index contributed by atoms with van der Waals surface area (Å²) >= 11 is 7.04. The van der Waals surface area contributed by atoms with Gasteiger partial charge in [0.05, 0.1) is 15.6 Å². The van der Waals surface area contributed by atoms with Gasteiger partial charge in [-0.25, -0.2) is 4.98 Å². The number of H-pyrrole nitrogens is 1. The Bertz CT molecular complexity index is 643. The summed E-state index contributed by atoms with van der Waals surface area (Å²) in [5, 5.41) is 8.51. The van der Waals surface area contributed by atoms with E-state index in [1.807, 2.05) is 4.57 Å². The minimum Gasteiger partial charge on any atom is -0.300 e. The van der Waals surface area contributed by atoms with E-state index in [0.717, 1.165) is 35.8 Å².